The Balaban J connectivity index is 2.35. The Morgan fingerprint density at radius 2 is 1.80 bits per heavy atom. The molecule has 1 unspecified atom stereocenters. The van der Waals surface area contributed by atoms with Crippen LogP contribution in [0.15, 0.2) is 41.6 Å². The maximum Gasteiger partial charge on any atom is 0.573 e. The van der Waals surface area contributed by atoms with Crippen molar-refractivity contribution in [1.29, 1.82) is 0 Å². The number of nitrogens with one attached hydrogen (secondary N) is 2. The summed E-state index contributed by atoms with van der Waals surface area (Å²) in [6, 6.07) is 5.99. The van der Waals surface area contributed by atoms with Gasteiger partial charge in [-0.3, -0.25) is 4.79 Å². The lowest BCUT2D eigenvalue weighted by Crippen LogP contribution is -2.36. The Bertz CT molecular complexity index is 1070. The fourth-order valence-electron chi connectivity index (χ4n) is 3.23. The highest BCUT2D eigenvalue weighted by molar-refractivity contribution is 6.00. The van der Waals surface area contributed by atoms with Crippen LogP contribution in [-0.2, 0) is 27.3 Å². The monoisotopic (exact) mass is 507 g/mol. The van der Waals surface area contributed by atoms with Crippen molar-refractivity contribution in [3.05, 3.63) is 64.2 Å². The third-order valence-electron chi connectivity index (χ3n) is 4.83. The molecule has 0 fully saturated rings. The average molecular weight is 507 g/mol. The molecule has 1 amide bonds. The number of aryl methyl sites for hydroxylation is 1. The first kappa shape index (κ1) is 27.9. The van der Waals surface area contributed by atoms with E-state index in [0.29, 0.717) is 16.7 Å². The molecule has 0 aliphatic heterocycles. The van der Waals surface area contributed by atoms with Gasteiger partial charge in [0.15, 0.2) is 0 Å². The van der Waals surface area contributed by atoms with Crippen LogP contribution in [0.2, 0.25) is 0 Å². The summed E-state index contributed by atoms with van der Waals surface area (Å²) in [4.78, 5) is 22.5. The highest BCUT2D eigenvalue weighted by Crippen LogP contribution is 2.36. The number of carbonyl (C=O) groups is 1. The number of amides is 1. The number of hydrogen-bond acceptors (Lipinski definition) is 6. The Hall–Kier alpha value is -3.32. The number of rotatable bonds is 9. The van der Waals surface area contributed by atoms with Crippen molar-refractivity contribution >= 4 is 11.6 Å². The molecular formula is C22H23F6N3O4. The minimum atomic E-state index is -5.15. The number of hydroxylamine groups is 1. The van der Waals surface area contributed by atoms with E-state index in [9.17, 15) is 31.1 Å². The van der Waals surface area contributed by atoms with Crippen LogP contribution >= 0.6 is 0 Å². The van der Waals surface area contributed by atoms with E-state index >= 15 is 0 Å². The molecule has 0 spiro atoms. The normalized spacial score (nSPS) is 13.4. The summed E-state index contributed by atoms with van der Waals surface area (Å²) in [5, 5.41) is 6.21. The van der Waals surface area contributed by atoms with Crippen molar-refractivity contribution in [2.45, 2.75) is 39.0 Å². The fraction of sp³-hybridized carbons (Fsp3) is 0.364. The van der Waals surface area contributed by atoms with E-state index in [4.69, 9.17) is 9.68 Å². The predicted molar refractivity (Wildman–Crippen MR) is 113 cm³/mol. The van der Waals surface area contributed by atoms with Gasteiger partial charge < -0.3 is 19.7 Å². The molecule has 2 aromatic rings. The van der Waals surface area contributed by atoms with E-state index in [1.165, 1.54) is 21.1 Å². The maximum absolute atomic E-state index is 13.5. The van der Waals surface area contributed by atoms with E-state index in [2.05, 4.69) is 20.7 Å². The van der Waals surface area contributed by atoms with Gasteiger partial charge in [-0.15, -0.1) is 13.2 Å². The molecule has 2 aromatic carbocycles. The molecule has 35 heavy (non-hydrogen) atoms. The van der Waals surface area contributed by atoms with Crippen LogP contribution in [0.4, 0.5) is 26.3 Å². The van der Waals surface area contributed by atoms with Crippen LogP contribution in [0.5, 0.6) is 5.75 Å². The number of carbonyl (C=O) groups excluding carboxylic acids is 1. The molecule has 0 radical (unpaired) electrons. The Morgan fingerprint density at radius 3 is 2.37 bits per heavy atom. The summed E-state index contributed by atoms with van der Waals surface area (Å²) in [5.74, 6) is -1.42. The lowest BCUT2D eigenvalue weighted by Gasteiger charge is -2.20. The first-order chi connectivity index (χ1) is 16.3. The first-order valence-electron chi connectivity index (χ1n) is 10.0. The van der Waals surface area contributed by atoms with E-state index < -0.39 is 41.4 Å². The van der Waals surface area contributed by atoms with Gasteiger partial charge in [0.05, 0.1) is 18.4 Å². The number of benzene rings is 2. The second-order valence-electron chi connectivity index (χ2n) is 7.22. The maximum atomic E-state index is 13.5. The molecule has 2 N–H and O–H groups in total. The molecule has 0 aliphatic rings. The summed E-state index contributed by atoms with van der Waals surface area (Å²) < 4.78 is 81.3. The highest BCUT2D eigenvalue weighted by Gasteiger charge is 2.37. The Labute approximate surface area is 197 Å². The smallest absolute Gasteiger partial charge is 0.406 e. The van der Waals surface area contributed by atoms with Crippen LogP contribution in [0.1, 0.15) is 40.8 Å². The topological polar surface area (TPSA) is 81.2 Å². The Morgan fingerprint density at radius 1 is 1.11 bits per heavy atom. The highest BCUT2D eigenvalue weighted by atomic mass is 19.4. The summed E-state index contributed by atoms with van der Waals surface area (Å²) in [7, 11) is 2.77. The van der Waals surface area contributed by atoms with Gasteiger partial charge in [-0.25, -0.2) is 0 Å². The number of halogens is 6. The summed E-state index contributed by atoms with van der Waals surface area (Å²) in [6.07, 6.45) is -10.1. The molecule has 7 nitrogen and oxygen atoms in total. The van der Waals surface area contributed by atoms with Gasteiger partial charge >= 0.3 is 12.5 Å². The zero-order valence-corrected chi connectivity index (χ0v) is 19.1. The molecule has 0 heterocycles. The number of likely N-dealkylation sites (N-methyl/N-ethyl adjacent to an activating group) is 1. The third-order valence-corrected chi connectivity index (χ3v) is 4.83. The van der Waals surface area contributed by atoms with E-state index in [-0.39, 0.29) is 18.4 Å². The minimum Gasteiger partial charge on any atom is -0.406 e. The van der Waals surface area contributed by atoms with Gasteiger partial charge in [-0.05, 0) is 43.2 Å². The summed E-state index contributed by atoms with van der Waals surface area (Å²) in [5.41, 5.74) is 2.22. The number of alkyl halides is 6. The molecule has 1 atom stereocenters. The molecular weight excluding hydrogens is 484 g/mol. The van der Waals surface area contributed by atoms with Gasteiger partial charge in [0.25, 0.3) is 0 Å². The van der Waals surface area contributed by atoms with Crippen molar-refractivity contribution in [2.75, 3.05) is 14.2 Å². The van der Waals surface area contributed by atoms with Crippen LogP contribution < -0.4 is 15.5 Å². The zero-order chi connectivity index (χ0) is 26.4. The van der Waals surface area contributed by atoms with Crippen LogP contribution in [0, 0.1) is 6.92 Å². The van der Waals surface area contributed by atoms with E-state index in [0.717, 1.165) is 12.1 Å². The quantitative estimate of drug-likeness (QED) is 0.290. The SMILES string of the molecule is CNC(=O)C(NOC)c1cccc(C)c1CO/N=C(\C)c1ccc(OC(F)(F)F)cc1C(F)(F)F. The molecule has 0 saturated heterocycles. The van der Waals surface area contributed by atoms with Gasteiger partial charge in [0.2, 0.25) is 5.91 Å². The molecule has 2 rings (SSSR count). The van der Waals surface area contributed by atoms with Crippen molar-refractivity contribution in [2.24, 2.45) is 5.16 Å². The van der Waals surface area contributed by atoms with Crippen molar-refractivity contribution < 1.29 is 45.5 Å². The second kappa shape index (κ2) is 11.4. The number of oxime groups is 1. The zero-order valence-electron chi connectivity index (χ0n) is 19.1. The van der Waals surface area contributed by atoms with Crippen molar-refractivity contribution in [1.82, 2.24) is 10.8 Å². The fourth-order valence-corrected chi connectivity index (χ4v) is 3.23. The van der Waals surface area contributed by atoms with Gasteiger partial charge in [0.1, 0.15) is 18.4 Å². The largest absolute Gasteiger partial charge is 0.573 e. The summed E-state index contributed by atoms with van der Waals surface area (Å²) >= 11 is 0. The molecule has 192 valence electrons. The van der Waals surface area contributed by atoms with Gasteiger partial charge in [0, 0.05) is 18.2 Å². The molecule has 0 bridgehead atoms. The van der Waals surface area contributed by atoms with E-state index in [1.54, 1.807) is 25.1 Å². The van der Waals surface area contributed by atoms with Crippen molar-refractivity contribution in [3.63, 3.8) is 0 Å². The molecule has 13 heteroatoms. The van der Waals surface area contributed by atoms with Crippen LogP contribution in [0.3, 0.4) is 0 Å². The van der Waals surface area contributed by atoms with Crippen LogP contribution in [-0.4, -0.2) is 32.1 Å². The standard InChI is InChI=1S/C22H23F6N3O4/c1-12-6-5-7-16(19(31-33-4)20(32)29-3)17(12)11-34-30-13(2)15-9-8-14(35-22(26,27)28)10-18(15)21(23,24)25/h5-10,19,31H,11H2,1-4H3,(H,29,32)/b30-13+. The van der Waals surface area contributed by atoms with Gasteiger partial charge in [-0.1, -0.05) is 23.4 Å². The second-order valence-corrected chi connectivity index (χ2v) is 7.22. The molecule has 0 aromatic heterocycles. The lowest BCUT2D eigenvalue weighted by atomic mass is 9.96. The Kier molecular flexibility index (Phi) is 9.10. The third kappa shape index (κ3) is 7.59. The van der Waals surface area contributed by atoms with Crippen molar-refractivity contribution in [3.8, 4) is 5.75 Å². The molecule has 0 aliphatic carbocycles. The van der Waals surface area contributed by atoms with E-state index in [1.807, 2.05) is 0 Å². The lowest BCUT2D eigenvalue weighted by molar-refractivity contribution is -0.274. The number of ether oxygens (including phenoxy) is 1. The van der Waals surface area contributed by atoms with Gasteiger partial charge in [-0.2, -0.15) is 18.7 Å². The molecule has 0 saturated carbocycles. The average Bonchev–Trinajstić information content (AvgIpc) is 2.76. The predicted octanol–water partition coefficient (Wildman–Crippen LogP) is 4.79. The first-order valence-corrected chi connectivity index (χ1v) is 10.0. The number of hydrogen-bond donors (Lipinski definition) is 2. The minimum absolute atomic E-state index is 0.213. The van der Waals surface area contributed by atoms with Crippen LogP contribution in [0.25, 0.3) is 0 Å². The summed E-state index contributed by atoms with van der Waals surface area (Å²) in [6.45, 7) is 2.75. The number of nitrogens with zero attached hydrogens (tertiary/aromatic N) is 1.